The van der Waals surface area contributed by atoms with E-state index in [2.05, 4.69) is 0 Å². The number of nitrogens with one attached hydrogen (secondary N) is 1. The number of rotatable bonds is 2. The Labute approximate surface area is 90.2 Å². The van der Waals surface area contributed by atoms with Crippen molar-refractivity contribution in [2.24, 2.45) is 0 Å². The Bertz CT molecular complexity index is 402. The number of anilines is 1. The minimum absolute atomic E-state index is 0.0461. The van der Waals surface area contributed by atoms with Crippen molar-refractivity contribution in [1.82, 2.24) is 0 Å². The Morgan fingerprint density at radius 1 is 1.38 bits per heavy atom. The lowest BCUT2D eigenvalue weighted by molar-refractivity contribution is -0.167. The van der Waals surface area contributed by atoms with Crippen LogP contribution in [0.2, 0.25) is 0 Å². The van der Waals surface area contributed by atoms with E-state index >= 15 is 0 Å². The average Bonchev–Trinajstić information content (AvgIpc) is 2.19. The quantitative estimate of drug-likeness (QED) is 0.852. The van der Waals surface area contributed by atoms with Crippen LogP contribution >= 0.6 is 0 Å². The molecule has 1 rings (SSSR count). The van der Waals surface area contributed by atoms with Gasteiger partial charge in [0.15, 0.2) is 0 Å². The van der Waals surface area contributed by atoms with Gasteiger partial charge in [-0.1, -0.05) is 6.07 Å². The molecule has 1 aromatic rings. The van der Waals surface area contributed by atoms with Crippen LogP contribution in [0.4, 0.5) is 18.9 Å². The number of amides is 1. The lowest BCUT2D eigenvalue weighted by Crippen LogP contribution is -2.29. The van der Waals surface area contributed by atoms with E-state index < -0.39 is 12.1 Å². The largest absolute Gasteiger partial charge is 0.496 e. The second-order valence-corrected chi connectivity index (χ2v) is 3.14. The molecule has 0 bridgehead atoms. The third-order valence-corrected chi connectivity index (χ3v) is 1.92. The van der Waals surface area contributed by atoms with E-state index in [1.165, 1.54) is 19.2 Å². The predicted octanol–water partition coefficient (Wildman–Crippen LogP) is 2.50. The van der Waals surface area contributed by atoms with Crippen LogP contribution in [-0.2, 0) is 4.79 Å². The van der Waals surface area contributed by atoms with Crippen molar-refractivity contribution in [1.29, 1.82) is 0 Å². The number of benzene rings is 1. The molecule has 0 saturated heterocycles. The molecular weight excluding hydrogens is 223 g/mol. The fourth-order valence-electron chi connectivity index (χ4n) is 1.10. The van der Waals surface area contributed by atoms with Gasteiger partial charge in [-0.05, 0) is 18.6 Å². The summed E-state index contributed by atoms with van der Waals surface area (Å²) in [4.78, 5) is 10.6. The summed E-state index contributed by atoms with van der Waals surface area (Å²) in [5, 5.41) is 1.74. The zero-order valence-corrected chi connectivity index (χ0v) is 8.68. The van der Waals surface area contributed by atoms with Gasteiger partial charge in [-0.25, -0.2) is 0 Å². The summed E-state index contributed by atoms with van der Waals surface area (Å²) >= 11 is 0. The molecule has 0 aromatic heterocycles. The van der Waals surface area contributed by atoms with Crippen LogP contribution in [0.3, 0.4) is 0 Å². The molecule has 0 radical (unpaired) electrons. The second-order valence-electron chi connectivity index (χ2n) is 3.14. The molecule has 1 N–H and O–H groups in total. The normalized spacial score (nSPS) is 11.1. The van der Waals surface area contributed by atoms with Gasteiger partial charge in [-0.15, -0.1) is 0 Å². The third-order valence-electron chi connectivity index (χ3n) is 1.92. The van der Waals surface area contributed by atoms with E-state index in [-0.39, 0.29) is 5.69 Å². The van der Waals surface area contributed by atoms with Crippen molar-refractivity contribution < 1.29 is 22.7 Å². The number of methoxy groups -OCH3 is 1. The summed E-state index contributed by atoms with van der Waals surface area (Å²) in [6, 6.07) is 4.27. The molecule has 3 nitrogen and oxygen atoms in total. The Hall–Kier alpha value is -1.72. The zero-order chi connectivity index (χ0) is 12.3. The topological polar surface area (TPSA) is 38.3 Å². The van der Waals surface area contributed by atoms with E-state index in [1.54, 1.807) is 18.3 Å². The first-order chi connectivity index (χ1) is 7.34. The lowest BCUT2D eigenvalue weighted by atomic mass is 10.2. The fourth-order valence-corrected chi connectivity index (χ4v) is 1.10. The molecule has 16 heavy (non-hydrogen) atoms. The molecule has 0 spiro atoms. The molecule has 1 amide bonds. The number of hydrogen-bond acceptors (Lipinski definition) is 2. The molecule has 0 atom stereocenters. The van der Waals surface area contributed by atoms with Gasteiger partial charge in [-0.2, -0.15) is 13.2 Å². The van der Waals surface area contributed by atoms with Gasteiger partial charge < -0.3 is 10.1 Å². The lowest BCUT2D eigenvalue weighted by Gasteiger charge is -2.10. The van der Waals surface area contributed by atoms with Gasteiger partial charge in [0.1, 0.15) is 5.75 Å². The molecule has 0 saturated carbocycles. The molecular formula is C10H10F3NO2. The number of halogens is 3. The van der Waals surface area contributed by atoms with E-state index in [4.69, 9.17) is 4.74 Å². The van der Waals surface area contributed by atoms with Crippen molar-refractivity contribution in [3.63, 3.8) is 0 Å². The number of alkyl halides is 3. The van der Waals surface area contributed by atoms with Crippen molar-refractivity contribution in [2.75, 3.05) is 12.4 Å². The van der Waals surface area contributed by atoms with Gasteiger partial charge in [0.25, 0.3) is 0 Å². The summed E-state index contributed by atoms with van der Waals surface area (Å²) in [6.07, 6.45) is -4.89. The first kappa shape index (κ1) is 12.4. The molecule has 0 aliphatic rings. The molecule has 88 valence electrons. The highest BCUT2D eigenvalue weighted by Gasteiger charge is 2.38. The van der Waals surface area contributed by atoms with E-state index in [9.17, 15) is 18.0 Å². The minimum Gasteiger partial charge on any atom is -0.496 e. The summed E-state index contributed by atoms with van der Waals surface area (Å²) < 4.78 is 40.8. The summed E-state index contributed by atoms with van der Waals surface area (Å²) in [5.41, 5.74) is 0.817. The Balaban J connectivity index is 2.87. The van der Waals surface area contributed by atoms with Gasteiger partial charge in [0.05, 0.1) is 7.11 Å². The smallest absolute Gasteiger partial charge is 0.471 e. The SMILES string of the molecule is COc1cc(NC(=O)C(F)(F)F)ccc1C. The van der Waals surface area contributed by atoms with E-state index in [0.29, 0.717) is 5.75 Å². The van der Waals surface area contributed by atoms with Crippen LogP contribution in [0.1, 0.15) is 5.56 Å². The van der Waals surface area contributed by atoms with Crippen LogP contribution in [0, 0.1) is 6.92 Å². The zero-order valence-electron chi connectivity index (χ0n) is 8.68. The third kappa shape index (κ3) is 2.88. The molecule has 0 aliphatic carbocycles. The minimum atomic E-state index is -4.89. The number of carbonyl (C=O) groups excluding carboxylic acids is 1. The Morgan fingerprint density at radius 3 is 2.50 bits per heavy atom. The van der Waals surface area contributed by atoms with Gasteiger partial charge in [0, 0.05) is 11.8 Å². The highest BCUT2D eigenvalue weighted by molar-refractivity contribution is 5.95. The summed E-state index contributed by atoms with van der Waals surface area (Å²) in [5.74, 6) is -1.58. The first-order valence-electron chi connectivity index (χ1n) is 4.37. The molecule has 0 aliphatic heterocycles. The number of hydrogen-bond donors (Lipinski definition) is 1. The van der Waals surface area contributed by atoms with Gasteiger partial charge >= 0.3 is 12.1 Å². The highest BCUT2D eigenvalue weighted by Crippen LogP contribution is 2.24. The van der Waals surface area contributed by atoms with Crippen LogP contribution in [0.5, 0.6) is 5.75 Å². The van der Waals surface area contributed by atoms with Crippen molar-refractivity contribution in [3.8, 4) is 5.75 Å². The summed E-state index contributed by atoms with van der Waals surface area (Å²) in [6.45, 7) is 1.74. The maximum Gasteiger partial charge on any atom is 0.471 e. The van der Waals surface area contributed by atoms with Crippen molar-refractivity contribution in [3.05, 3.63) is 23.8 Å². The predicted molar refractivity (Wildman–Crippen MR) is 52.4 cm³/mol. The maximum atomic E-state index is 12.0. The van der Waals surface area contributed by atoms with Crippen LogP contribution in [0.15, 0.2) is 18.2 Å². The molecule has 0 unspecified atom stereocenters. The van der Waals surface area contributed by atoms with Crippen LogP contribution < -0.4 is 10.1 Å². The number of carbonyl (C=O) groups is 1. The number of aryl methyl sites for hydroxylation is 1. The summed E-state index contributed by atoms with van der Waals surface area (Å²) in [7, 11) is 1.40. The molecule has 1 aromatic carbocycles. The highest BCUT2D eigenvalue weighted by atomic mass is 19.4. The second kappa shape index (κ2) is 4.42. The van der Waals surface area contributed by atoms with Crippen LogP contribution in [0.25, 0.3) is 0 Å². The average molecular weight is 233 g/mol. The van der Waals surface area contributed by atoms with Crippen LogP contribution in [-0.4, -0.2) is 19.2 Å². The fraction of sp³-hybridized carbons (Fsp3) is 0.300. The monoisotopic (exact) mass is 233 g/mol. The van der Waals surface area contributed by atoms with Gasteiger partial charge in [0.2, 0.25) is 0 Å². The maximum absolute atomic E-state index is 12.0. The number of ether oxygens (including phenoxy) is 1. The molecule has 0 fully saturated rings. The van der Waals surface area contributed by atoms with Gasteiger partial charge in [-0.3, -0.25) is 4.79 Å². The standard InChI is InChI=1S/C10H10F3NO2/c1-6-3-4-7(5-8(6)16-2)14-9(15)10(11,12)13/h3-5H,1-2H3,(H,14,15). The Morgan fingerprint density at radius 2 is 2.00 bits per heavy atom. The first-order valence-corrected chi connectivity index (χ1v) is 4.37. The van der Waals surface area contributed by atoms with Crippen molar-refractivity contribution >= 4 is 11.6 Å². The van der Waals surface area contributed by atoms with E-state index in [1.807, 2.05) is 0 Å². The van der Waals surface area contributed by atoms with E-state index in [0.717, 1.165) is 5.56 Å². The molecule has 0 heterocycles. The van der Waals surface area contributed by atoms with Crippen molar-refractivity contribution in [2.45, 2.75) is 13.1 Å². The molecule has 6 heteroatoms. The Kier molecular flexibility index (Phi) is 3.41.